The molecule has 0 aliphatic heterocycles. The van der Waals surface area contributed by atoms with Crippen LogP contribution in [0, 0.1) is 13.8 Å². The average molecular weight is 357 g/mol. The standard InChI is InChI=1S/C20H27N3O3/c1-14-11-18(15(2)23(14)16-7-4-3-5-8-16)20(25)22-13-19(24)21-12-17-9-6-10-26-17/h6,9-11,16H,3-5,7-8,12-13H2,1-2H3,(H,21,24)(H,22,25). The van der Waals surface area contributed by atoms with Gasteiger partial charge in [-0.25, -0.2) is 0 Å². The largest absolute Gasteiger partial charge is 0.467 e. The summed E-state index contributed by atoms with van der Waals surface area (Å²) in [5, 5.41) is 5.44. The molecule has 1 saturated carbocycles. The number of carbonyl (C=O) groups is 2. The molecule has 6 nitrogen and oxygen atoms in total. The highest BCUT2D eigenvalue weighted by atomic mass is 16.3. The summed E-state index contributed by atoms with van der Waals surface area (Å²) in [6, 6.07) is 5.98. The van der Waals surface area contributed by atoms with E-state index in [0.29, 0.717) is 23.9 Å². The van der Waals surface area contributed by atoms with Gasteiger partial charge in [0.2, 0.25) is 5.91 Å². The van der Waals surface area contributed by atoms with Crippen molar-refractivity contribution in [3.05, 3.63) is 47.2 Å². The van der Waals surface area contributed by atoms with E-state index in [9.17, 15) is 9.59 Å². The summed E-state index contributed by atoms with van der Waals surface area (Å²) >= 11 is 0. The van der Waals surface area contributed by atoms with E-state index in [4.69, 9.17) is 4.42 Å². The van der Waals surface area contributed by atoms with Gasteiger partial charge in [-0.3, -0.25) is 9.59 Å². The Morgan fingerprint density at radius 1 is 1.19 bits per heavy atom. The molecule has 2 N–H and O–H groups in total. The van der Waals surface area contributed by atoms with Gasteiger partial charge >= 0.3 is 0 Å². The first-order valence-electron chi connectivity index (χ1n) is 9.32. The third kappa shape index (κ3) is 4.18. The normalized spacial score (nSPS) is 15.0. The van der Waals surface area contributed by atoms with Crippen molar-refractivity contribution in [2.75, 3.05) is 6.54 Å². The number of carbonyl (C=O) groups excluding carboxylic acids is 2. The van der Waals surface area contributed by atoms with E-state index in [0.717, 1.165) is 11.4 Å². The Kier molecular flexibility index (Phi) is 5.81. The summed E-state index contributed by atoms with van der Waals surface area (Å²) in [4.78, 5) is 24.4. The predicted octanol–water partition coefficient (Wildman–Crippen LogP) is 3.25. The molecule has 1 fully saturated rings. The molecule has 2 amide bonds. The fraction of sp³-hybridized carbons (Fsp3) is 0.500. The van der Waals surface area contributed by atoms with Crippen LogP contribution < -0.4 is 10.6 Å². The van der Waals surface area contributed by atoms with Gasteiger partial charge in [0.25, 0.3) is 5.91 Å². The van der Waals surface area contributed by atoms with Crippen LogP contribution in [0.15, 0.2) is 28.9 Å². The lowest BCUT2D eigenvalue weighted by Crippen LogP contribution is -2.36. The molecule has 1 aliphatic rings. The van der Waals surface area contributed by atoms with E-state index in [-0.39, 0.29) is 18.4 Å². The number of hydrogen-bond acceptors (Lipinski definition) is 3. The Hall–Kier alpha value is -2.50. The number of aromatic nitrogens is 1. The van der Waals surface area contributed by atoms with Crippen LogP contribution in [0.1, 0.15) is 65.7 Å². The monoisotopic (exact) mass is 357 g/mol. The molecule has 0 bridgehead atoms. The molecule has 2 heterocycles. The number of nitrogens with one attached hydrogen (secondary N) is 2. The Bertz CT molecular complexity index is 756. The van der Waals surface area contributed by atoms with E-state index in [1.54, 1.807) is 18.4 Å². The Morgan fingerprint density at radius 2 is 1.96 bits per heavy atom. The van der Waals surface area contributed by atoms with E-state index in [1.165, 1.54) is 32.1 Å². The fourth-order valence-electron chi connectivity index (χ4n) is 3.83. The van der Waals surface area contributed by atoms with Crippen LogP contribution in [-0.2, 0) is 11.3 Å². The summed E-state index contributed by atoms with van der Waals surface area (Å²) in [5.74, 6) is 0.241. The van der Waals surface area contributed by atoms with Crippen molar-refractivity contribution >= 4 is 11.8 Å². The van der Waals surface area contributed by atoms with Gasteiger partial charge in [-0.2, -0.15) is 0 Å². The van der Waals surface area contributed by atoms with Gasteiger partial charge in [-0.15, -0.1) is 0 Å². The number of nitrogens with zero attached hydrogens (tertiary/aromatic N) is 1. The molecule has 0 aromatic carbocycles. The van der Waals surface area contributed by atoms with Crippen LogP contribution in [-0.4, -0.2) is 22.9 Å². The van der Waals surface area contributed by atoms with E-state index in [2.05, 4.69) is 22.1 Å². The zero-order chi connectivity index (χ0) is 18.5. The summed E-state index contributed by atoms with van der Waals surface area (Å²) in [6.45, 7) is 4.31. The average Bonchev–Trinajstić information content (AvgIpc) is 3.26. The summed E-state index contributed by atoms with van der Waals surface area (Å²) in [6.07, 6.45) is 7.71. The van der Waals surface area contributed by atoms with Crippen molar-refractivity contribution < 1.29 is 14.0 Å². The van der Waals surface area contributed by atoms with Gasteiger partial charge in [0.1, 0.15) is 5.76 Å². The molecule has 2 aromatic rings. The van der Waals surface area contributed by atoms with Crippen LogP contribution in [0.3, 0.4) is 0 Å². The number of furan rings is 1. The van der Waals surface area contributed by atoms with E-state index < -0.39 is 0 Å². The first kappa shape index (κ1) is 18.3. The first-order chi connectivity index (χ1) is 12.6. The molecular weight excluding hydrogens is 330 g/mol. The van der Waals surface area contributed by atoms with Crippen LogP contribution in [0.25, 0.3) is 0 Å². The Morgan fingerprint density at radius 3 is 2.65 bits per heavy atom. The SMILES string of the molecule is Cc1cc(C(=O)NCC(=O)NCc2ccco2)c(C)n1C1CCCCC1. The lowest BCUT2D eigenvalue weighted by molar-refractivity contribution is -0.120. The molecule has 2 aromatic heterocycles. The van der Waals surface area contributed by atoms with Crippen molar-refractivity contribution in [3.63, 3.8) is 0 Å². The number of hydrogen-bond donors (Lipinski definition) is 2. The van der Waals surface area contributed by atoms with Crippen molar-refractivity contribution in [2.45, 2.75) is 58.5 Å². The molecule has 0 radical (unpaired) electrons. The van der Waals surface area contributed by atoms with Gasteiger partial charge in [0, 0.05) is 17.4 Å². The second kappa shape index (κ2) is 8.25. The maximum absolute atomic E-state index is 12.5. The van der Waals surface area contributed by atoms with Crippen molar-refractivity contribution in [2.24, 2.45) is 0 Å². The Labute approximate surface area is 153 Å². The van der Waals surface area contributed by atoms with Crippen molar-refractivity contribution in [3.8, 4) is 0 Å². The molecule has 3 rings (SSSR count). The highest BCUT2D eigenvalue weighted by Gasteiger charge is 2.22. The maximum atomic E-state index is 12.5. The van der Waals surface area contributed by atoms with Gasteiger partial charge in [0.15, 0.2) is 0 Å². The zero-order valence-electron chi connectivity index (χ0n) is 15.5. The van der Waals surface area contributed by atoms with Gasteiger partial charge in [-0.05, 0) is 44.9 Å². The van der Waals surface area contributed by atoms with Crippen molar-refractivity contribution in [1.82, 2.24) is 15.2 Å². The van der Waals surface area contributed by atoms with Crippen LogP contribution in [0.5, 0.6) is 0 Å². The molecule has 6 heteroatoms. The van der Waals surface area contributed by atoms with Crippen LogP contribution in [0.4, 0.5) is 0 Å². The molecule has 1 aliphatic carbocycles. The molecule has 0 saturated heterocycles. The fourth-order valence-corrected chi connectivity index (χ4v) is 3.83. The molecule has 26 heavy (non-hydrogen) atoms. The molecule has 0 atom stereocenters. The molecule has 0 spiro atoms. The maximum Gasteiger partial charge on any atom is 0.253 e. The summed E-state index contributed by atoms with van der Waals surface area (Å²) in [7, 11) is 0. The van der Waals surface area contributed by atoms with Crippen molar-refractivity contribution in [1.29, 1.82) is 0 Å². The number of rotatable bonds is 6. The second-order valence-electron chi connectivity index (χ2n) is 6.99. The third-order valence-electron chi connectivity index (χ3n) is 5.12. The molecule has 140 valence electrons. The summed E-state index contributed by atoms with van der Waals surface area (Å²) < 4.78 is 7.46. The topological polar surface area (TPSA) is 76.3 Å². The van der Waals surface area contributed by atoms with Gasteiger partial charge < -0.3 is 19.6 Å². The smallest absolute Gasteiger partial charge is 0.253 e. The minimum atomic E-state index is -0.240. The van der Waals surface area contributed by atoms with E-state index >= 15 is 0 Å². The lowest BCUT2D eigenvalue weighted by Gasteiger charge is -2.26. The van der Waals surface area contributed by atoms with Gasteiger partial charge in [-0.1, -0.05) is 19.3 Å². The second-order valence-corrected chi connectivity index (χ2v) is 6.99. The highest BCUT2D eigenvalue weighted by molar-refractivity contribution is 5.97. The first-order valence-corrected chi connectivity index (χ1v) is 9.32. The quantitative estimate of drug-likeness (QED) is 0.833. The number of amides is 2. The number of aryl methyl sites for hydroxylation is 1. The van der Waals surface area contributed by atoms with Crippen LogP contribution in [0.2, 0.25) is 0 Å². The molecular formula is C20H27N3O3. The van der Waals surface area contributed by atoms with Crippen LogP contribution >= 0.6 is 0 Å². The van der Waals surface area contributed by atoms with E-state index in [1.807, 2.05) is 13.0 Å². The predicted molar refractivity (Wildman–Crippen MR) is 98.9 cm³/mol. The lowest BCUT2D eigenvalue weighted by atomic mass is 9.95. The van der Waals surface area contributed by atoms with Gasteiger partial charge in [0.05, 0.1) is 24.9 Å². The molecule has 0 unspecified atom stereocenters. The zero-order valence-corrected chi connectivity index (χ0v) is 15.5. The third-order valence-corrected chi connectivity index (χ3v) is 5.12. The summed E-state index contributed by atoms with van der Waals surface area (Å²) in [5.41, 5.74) is 2.76. The highest BCUT2D eigenvalue weighted by Crippen LogP contribution is 2.32. The minimum absolute atomic E-state index is 0.0490. The minimum Gasteiger partial charge on any atom is -0.467 e. The Balaban J connectivity index is 1.56.